The van der Waals surface area contributed by atoms with Crippen LogP contribution < -0.4 is 5.32 Å². The molecule has 1 unspecified atom stereocenters. The summed E-state index contributed by atoms with van der Waals surface area (Å²) in [5, 5.41) is 2.81. The zero-order chi connectivity index (χ0) is 20.7. The maximum Gasteiger partial charge on any atom is 0.245 e. The van der Waals surface area contributed by atoms with Crippen molar-refractivity contribution in [3.63, 3.8) is 0 Å². The molecule has 2 aromatic heterocycles. The Labute approximate surface area is 175 Å². The molecule has 0 bridgehead atoms. The number of nitrogens with one attached hydrogen (secondary N) is 1. The molecule has 0 radical (unpaired) electrons. The standard InChI is InChI=1S/C24H26N4O2/c1-17-6-5-13-28-16-20(26-22(17)28)24(18-7-3-2-4-8-18)11-14-27(15-12-24)23(30)19-9-10-21(29)25-19/h2-8,13,16,19H,9-12,14-15H2,1H3,(H,25,29). The number of carbonyl (C=O) groups excluding carboxylic acids is 2. The monoisotopic (exact) mass is 402 g/mol. The number of benzene rings is 1. The molecule has 3 aromatic rings. The largest absolute Gasteiger partial charge is 0.344 e. The summed E-state index contributed by atoms with van der Waals surface area (Å²) in [6, 6.07) is 14.3. The van der Waals surface area contributed by atoms with Crippen LogP contribution in [0.2, 0.25) is 0 Å². The molecule has 1 aromatic carbocycles. The number of pyridine rings is 1. The fourth-order valence-electron chi connectivity index (χ4n) is 4.96. The minimum Gasteiger partial charge on any atom is -0.344 e. The molecule has 0 saturated carbocycles. The number of amides is 2. The Balaban J connectivity index is 1.48. The summed E-state index contributed by atoms with van der Waals surface area (Å²) >= 11 is 0. The predicted molar refractivity (Wildman–Crippen MR) is 114 cm³/mol. The van der Waals surface area contributed by atoms with E-state index in [0.29, 0.717) is 25.9 Å². The van der Waals surface area contributed by atoms with Crippen molar-refractivity contribution in [2.75, 3.05) is 13.1 Å². The van der Waals surface area contributed by atoms with Gasteiger partial charge in [-0.2, -0.15) is 0 Å². The van der Waals surface area contributed by atoms with E-state index in [1.165, 1.54) is 5.56 Å². The van der Waals surface area contributed by atoms with Crippen LogP contribution in [0.15, 0.2) is 54.9 Å². The number of imidazole rings is 1. The van der Waals surface area contributed by atoms with Crippen LogP contribution in [0.3, 0.4) is 0 Å². The van der Waals surface area contributed by atoms with Crippen molar-refractivity contribution < 1.29 is 9.59 Å². The number of fused-ring (bicyclic) bond motifs is 1. The fourth-order valence-corrected chi connectivity index (χ4v) is 4.96. The summed E-state index contributed by atoms with van der Waals surface area (Å²) in [5.74, 6) is 0.0254. The number of rotatable bonds is 3. The molecular weight excluding hydrogens is 376 g/mol. The first-order chi connectivity index (χ1) is 14.6. The van der Waals surface area contributed by atoms with Gasteiger partial charge in [0.05, 0.1) is 5.69 Å². The minimum absolute atomic E-state index is 0.0240. The first kappa shape index (κ1) is 18.9. The van der Waals surface area contributed by atoms with Crippen LogP contribution in [0.25, 0.3) is 5.65 Å². The summed E-state index contributed by atoms with van der Waals surface area (Å²) in [7, 11) is 0. The quantitative estimate of drug-likeness (QED) is 0.733. The fraction of sp³-hybridized carbons (Fsp3) is 0.375. The van der Waals surface area contributed by atoms with E-state index in [2.05, 4.69) is 53.2 Å². The van der Waals surface area contributed by atoms with Crippen molar-refractivity contribution in [2.45, 2.75) is 44.1 Å². The lowest BCUT2D eigenvalue weighted by Gasteiger charge is -2.42. The van der Waals surface area contributed by atoms with Gasteiger partial charge in [0.1, 0.15) is 11.7 Å². The Morgan fingerprint density at radius 3 is 2.57 bits per heavy atom. The van der Waals surface area contributed by atoms with Gasteiger partial charge < -0.3 is 14.6 Å². The van der Waals surface area contributed by atoms with E-state index in [4.69, 9.17) is 4.98 Å². The van der Waals surface area contributed by atoms with Gasteiger partial charge >= 0.3 is 0 Å². The molecule has 5 rings (SSSR count). The van der Waals surface area contributed by atoms with Crippen molar-refractivity contribution in [3.8, 4) is 0 Å². The normalized spacial score (nSPS) is 21.0. The highest BCUT2D eigenvalue weighted by Gasteiger charge is 2.42. The van der Waals surface area contributed by atoms with E-state index in [0.717, 1.165) is 29.7 Å². The van der Waals surface area contributed by atoms with Crippen LogP contribution in [-0.2, 0) is 15.0 Å². The summed E-state index contributed by atoms with van der Waals surface area (Å²) < 4.78 is 2.10. The molecule has 2 saturated heterocycles. The van der Waals surface area contributed by atoms with Crippen LogP contribution in [0.5, 0.6) is 0 Å². The smallest absolute Gasteiger partial charge is 0.245 e. The number of likely N-dealkylation sites (tertiary alicyclic amines) is 1. The maximum absolute atomic E-state index is 12.9. The molecule has 2 fully saturated rings. The number of aromatic nitrogens is 2. The molecule has 4 heterocycles. The third-order valence-corrected chi connectivity index (χ3v) is 6.72. The first-order valence-electron chi connectivity index (χ1n) is 10.7. The Hall–Kier alpha value is -3.15. The number of piperidine rings is 1. The third-order valence-electron chi connectivity index (χ3n) is 6.72. The first-order valence-corrected chi connectivity index (χ1v) is 10.7. The molecule has 1 N–H and O–H groups in total. The minimum atomic E-state index is -0.362. The van der Waals surface area contributed by atoms with Gasteiger partial charge in [-0.1, -0.05) is 36.4 Å². The molecule has 30 heavy (non-hydrogen) atoms. The number of nitrogens with zero attached hydrogens (tertiary/aromatic N) is 3. The van der Waals surface area contributed by atoms with E-state index in [-0.39, 0.29) is 23.3 Å². The zero-order valence-electron chi connectivity index (χ0n) is 17.2. The second-order valence-corrected chi connectivity index (χ2v) is 8.48. The van der Waals surface area contributed by atoms with Gasteiger partial charge in [0, 0.05) is 37.3 Å². The van der Waals surface area contributed by atoms with Crippen molar-refractivity contribution >= 4 is 17.5 Å². The van der Waals surface area contributed by atoms with Gasteiger partial charge in [-0.3, -0.25) is 9.59 Å². The van der Waals surface area contributed by atoms with Crippen LogP contribution >= 0.6 is 0 Å². The molecule has 2 aliphatic heterocycles. The molecule has 6 nitrogen and oxygen atoms in total. The predicted octanol–water partition coefficient (Wildman–Crippen LogP) is 2.83. The van der Waals surface area contributed by atoms with Gasteiger partial charge in [-0.25, -0.2) is 4.98 Å². The molecule has 2 aliphatic rings. The van der Waals surface area contributed by atoms with Crippen molar-refractivity contribution in [1.29, 1.82) is 0 Å². The van der Waals surface area contributed by atoms with Crippen molar-refractivity contribution in [3.05, 3.63) is 71.7 Å². The summed E-state index contributed by atoms with van der Waals surface area (Å²) in [6.07, 6.45) is 6.85. The SMILES string of the molecule is Cc1cccn2cc(C3(c4ccccc4)CCN(C(=O)C4CCC(=O)N4)CC3)nc12. The Morgan fingerprint density at radius 2 is 1.90 bits per heavy atom. The van der Waals surface area contributed by atoms with E-state index in [9.17, 15) is 9.59 Å². The van der Waals surface area contributed by atoms with Crippen LogP contribution in [-0.4, -0.2) is 45.2 Å². The van der Waals surface area contributed by atoms with E-state index in [1.807, 2.05) is 23.2 Å². The zero-order valence-corrected chi connectivity index (χ0v) is 17.2. The average Bonchev–Trinajstić information content (AvgIpc) is 3.41. The average molecular weight is 402 g/mol. The number of hydrogen-bond donors (Lipinski definition) is 1. The lowest BCUT2D eigenvalue weighted by atomic mass is 9.70. The summed E-state index contributed by atoms with van der Waals surface area (Å²) in [4.78, 5) is 31.4. The highest BCUT2D eigenvalue weighted by Crippen LogP contribution is 2.41. The molecule has 2 amide bonds. The van der Waals surface area contributed by atoms with E-state index >= 15 is 0 Å². The Morgan fingerprint density at radius 1 is 1.13 bits per heavy atom. The molecule has 1 atom stereocenters. The number of hydrogen-bond acceptors (Lipinski definition) is 3. The lowest BCUT2D eigenvalue weighted by Crippen LogP contribution is -2.51. The highest BCUT2D eigenvalue weighted by atomic mass is 16.2. The molecule has 154 valence electrons. The summed E-state index contributed by atoms with van der Waals surface area (Å²) in [6.45, 7) is 3.40. The van der Waals surface area contributed by atoms with Gasteiger partial charge in [0.25, 0.3) is 0 Å². The van der Waals surface area contributed by atoms with E-state index < -0.39 is 0 Å². The highest BCUT2D eigenvalue weighted by molar-refractivity contribution is 5.90. The van der Waals surface area contributed by atoms with Gasteiger partial charge in [-0.05, 0) is 43.4 Å². The molecule has 6 heteroatoms. The van der Waals surface area contributed by atoms with Gasteiger partial charge in [-0.15, -0.1) is 0 Å². The van der Waals surface area contributed by atoms with E-state index in [1.54, 1.807) is 0 Å². The second kappa shape index (κ2) is 7.27. The summed E-state index contributed by atoms with van der Waals surface area (Å²) in [5.41, 5.74) is 4.21. The Bertz CT molecular complexity index is 1100. The lowest BCUT2D eigenvalue weighted by molar-refractivity contribution is -0.135. The molecular formula is C24H26N4O2. The van der Waals surface area contributed by atoms with Crippen molar-refractivity contribution in [2.24, 2.45) is 0 Å². The maximum atomic E-state index is 12.9. The van der Waals surface area contributed by atoms with Crippen molar-refractivity contribution in [1.82, 2.24) is 19.6 Å². The number of carbonyl (C=O) groups is 2. The van der Waals surface area contributed by atoms with Gasteiger partial charge in [0.15, 0.2) is 0 Å². The van der Waals surface area contributed by atoms with Crippen LogP contribution in [0, 0.1) is 6.92 Å². The van der Waals surface area contributed by atoms with Gasteiger partial charge in [0.2, 0.25) is 11.8 Å². The number of aryl methyl sites for hydroxylation is 1. The molecule has 0 spiro atoms. The topological polar surface area (TPSA) is 66.7 Å². The Kier molecular flexibility index (Phi) is 4.57. The molecule has 0 aliphatic carbocycles. The second-order valence-electron chi connectivity index (χ2n) is 8.48. The third kappa shape index (κ3) is 3.07. The van der Waals surface area contributed by atoms with Crippen LogP contribution in [0.1, 0.15) is 42.5 Å². The van der Waals surface area contributed by atoms with Crippen LogP contribution in [0.4, 0.5) is 0 Å².